The van der Waals surface area contributed by atoms with Gasteiger partial charge in [0.2, 0.25) is 10.0 Å². The molecule has 6 heteroatoms. The van der Waals surface area contributed by atoms with Gasteiger partial charge in [0, 0.05) is 24.5 Å². The van der Waals surface area contributed by atoms with Crippen LogP contribution < -0.4 is 15.8 Å². The van der Waals surface area contributed by atoms with Crippen LogP contribution in [-0.2, 0) is 10.0 Å². The molecule has 0 saturated carbocycles. The van der Waals surface area contributed by atoms with Gasteiger partial charge >= 0.3 is 0 Å². The molecule has 1 rings (SSSR count). The van der Waals surface area contributed by atoms with Gasteiger partial charge in [0.1, 0.15) is 0 Å². The molecule has 4 N–H and O–H groups in total. The van der Waals surface area contributed by atoms with Crippen LogP contribution in [0.25, 0.3) is 0 Å². The Morgan fingerprint density at radius 2 is 1.89 bits per heavy atom. The molecule has 5 nitrogen and oxygen atoms in total. The molecule has 108 valence electrons. The van der Waals surface area contributed by atoms with Crippen LogP contribution in [0.15, 0.2) is 23.1 Å². The number of sulfonamides is 1. The molecule has 0 amide bonds. The van der Waals surface area contributed by atoms with Crippen LogP contribution in [0.3, 0.4) is 0 Å². The van der Waals surface area contributed by atoms with Crippen LogP contribution in [0.5, 0.6) is 0 Å². The van der Waals surface area contributed by atoms with Crippen LogP contribution in [0.1, 0.15) is 27.2 Å². The number of hydrogen-bond donors (Lipinski definition) is 2. The average Bonchev–Trinajstić information content (AvgIpc) is 2.33. The fourth-order valence-electron chi connectivity index (χ4n) is 1.88. The number of benzene rings is 1. The first kappa shape index (κ1) is 15.8. The van der Waals surface area contributed by atoms with Crippen LogP contribution in [0.4, 0.5) is 11.4 Å². The highest BCUT2D eigenvalue weighted by molar-refractivity contribution is 7.89. The maximum Gasteiger partial charge on any atom is 0.238 e. The van der Waals surface area contributed by atoms with Crippen molar-refractivity contribution in [3.63, 3.8) is 0 Å². The third-order valence-corrected chi connectivity index (χ3v) is 4.11. The number of primary sulfonamides is 1. The highest BCUT2D eigenvalue weighted by atomic mass is 32.2. The molecule has 0 aliphatic carbocycles. The molecule has 0 spiro atoms. The van der Waals surface area contributed by atoms with E-state index < -0.39 is 10.0 Å². The van der Waals surface area contributed by atoms with Crippen LogP contribution >= 0.6 is 0 Å². The van der Waals surface area contributed by atoms with Gasteiger partial charge in [-0.15, -0.1) is 0 Å². The van der Waals surface area contributed by atoms with Crippen molar-refractivity contribution in [2.45, 2.75) is 32.1 Å². The van der Waals surface area contributed by atoms with E-state index in [1.165, 1.54) is 6.07 Å². The average molecular weight is 285 g/mol. The highest BCUT2D eigenvalue weighted by Gasteiger charge is 2.14. The van der Waals surface area contributed by atoms with Gasteiger partial charge in [0.25, 0.3) is 0 Å². The van der Waals surface area contributed by atoms with Gasteiger partial charge in [0.15, 0.2) is 0 Å². The molecule has 0 heterocycles. The van der Waals surface area contributed by atoms with E-state index in [9.17, 15) is 8.42 Å². The smallest absolute Gasteiger partial charge is 0.238 e. The second-order valence-corrected chi connectivity index (χ2v) is 6.42. The van der Waals surface area contributed by atoms with Gasteiger partial charge in [0.05, 0.1) is 4.90 Å². The quantitative estimate of drug-likeness (QED) is 0.780. The normalized spacial score (nSPS) is 13.3. The fourth-order valence-corrected chi connectivity index (χ4v) is 2.46. The van der Waals surface area contributed by atoms with Crippen molar-refractivity contribution in [2.75, 3.05) is 23.7 Å². The zero-order valence-corrected chi connectivity index (χ0v) is 12.6. The Morgan fingerprint density at radius 3 is 2.37 bits per heavy atom. The molecule has 1 aromatic rings. The topological polar surface area (TPSA) is 89.4 Å². The molecule has 0 aliphatic heterocycles. The van der Waals surface area contributed by atoms with Crippen molar-refractivity contribution >= 4 is 21.4 Å². The maximum absolute atomic E-state index is 11.4. The largest absolute Gasteiger partial charge is 0.399 e. The molecule has 19 heavy (non-hydrogen) atoms. The minimum absolute atomic E-state index is 0.0603. The Hall–Kier alpha value is -1.27. The SMILES string of the molecule is CCC(C)CN(CC)c1cc(N)cc(S(N)(=O)=O)c1. The number of anilines is 2. The second kappa shape index (κ2) is 6.25. The zero-order chi connectivity index (χ0) is 14.6. The summed E-state index contributed by atoms with van der Waals surface area (Å²) in [6, 6.07) is 4.74. The number of hydrogen-bond acceptors (Lipinski definition) is 4. The van der Waals surface area contributed by atoms with Gasteiger partial charge in [-0.1, -0.05) is 20.3 Å². The van der Waals surface area contributed by atoms with Gasteiger partial charge in [-0.25, -0.2) is 13.6 Å². The summed E-state index contributed by atoms with van der Waals surface area (Å²) in [6.07, 6.45) is 1.07. The van der Waals surface area contributed by atoms with E-state index in [4.69, 9.17) is 10.9 Å². The Balaban J connectivity index is 3.14. The first-order chi connectivity index (χ1) is 8.77. The zero-order valence-electron chi connectivity index (χ0n) is 11.8. The summed E-state index contributed by atoms with van der Waals surface area (Å²) in [5, 5.41) is 5.16. The lowest BCUT2D eigenvalue weighted by molar-refractivity contribution is 0.548. The molecular weight excluding hydrogens is 262 g/mol. The Bertz CT molecular complexity index is 529. The predicted molar refractivity (Wildman–Crippen MR) is 79.6 cm³/mol. The van der Waals surface area contributed by atoms with Gasteiger partial charge in [-0.2, -0.15) is 0 Å². The Labute approximate surface area is 115 Å². The summed E-state index contributed by atoms with van der Waals surface area (Å²) in [5.41, 5.74) is 6.97. The summed E-state index contributed by atoms with van der Waals surface area (Å²) < 4.78 is 22.9. The van der Waals surface area contributed by atoms with Gasteiger partial charge in [-0.3, -0.25) is 0 Å². The van der Waals surface area contributed by atoms with Crippen LogP contribution in [0, 0.1) is 5.92 Å². The molecule has 0 aliphatic rings. The molecule has 0 radical (unpaired) electrons. The highest BCUT2D eigenvalue weighted by Crippen LogP contribution is 2.24. The van der Waals surface area contributed by atoms with E-state index in [1.807, 2.05) is 6.92 Å². The number of nitrogens with zero attached hydrogens (tertiary/aromatic N) is 1. The number of rotatable bonds is 6. The maximum atomic E-state index is 11.4. The van der Waals surface area contributed by atoms with Crippen molar-refractivity contribution in [3.8, 4) is 0 Å². The number of nitrogen functional groups attached to an aromatic ring is 1. The van der Waals surface area contributed by atoms with E-state index in [-0.39, 0.29) is 4.90 Å². The van der Waals surface area contributed by atoms with Crippen LogP contribution in [0.2, 0.25) is 0 Å². The predicted octanol–water partition coefficient (Wildman–Crippen LogP) is 1.79. The van der Waals surface area contributed by atoms with E-state index in [0.29, 0.717) is 11.6 Å². The van der Waals surface area contributed by atoms with Crippen molar-refractivity contribution in [1.82, 2.24) is 0 Å². The summed E-state index contributed by atoms with van der Waals surface area (Å²) in [4.78, 5) is 2.17. The third-order valence-electron chi connectivity index (χ3n) is 3.22. The van der Waals surface area contributed by atoms with Crippen molar-refractivity contribution in [1.29, 1.82) is 0 Å². The number of nitrogens with two attached hydrogens (primary N) is 2. The van der Waals surface area contributed by atoms with E-state index >= 15 is 0 Å². The molecule has 0 aromatic heterocycles. The fraction of sp³-hybridized carbons (Fsp3) is 0.538. The minimum atomic E-state index is -3.73. The standard InChI is InChI=1S/C13H23N3O2S/c1-4-10(3)9-16(5-2)12-6-11(14)7-13(8-12)19(15,17)18/h6-8,10H,4-5,9,14H2,1-3H3,(H2,15,17,18). The van der Waals surface area contributed by atoms with Crippen molar-refractivity contribution < 1.29 is 8.42 Å². The first-order valence-corrected chi connectivity index (χ1v) is 8.00. The molecule has 1 unspecified atom stereocenters. The molecule has 0 bridgehead atoms. The summed E-state index contributed by atoms with van der Waals surface area (Å²) in [7, 11) is -3.73. The van der Waals surface area contributed by atoms with Crippen LogP contribution in [-0.4, -0.2) is 21.5 Å². The lowest BCUT2D eigenvalue weighted by Crippen LogP contribution is -2.28. The lowest BCUT2D eigenvalue weighted by atomic mass is 10.1. The monoisotopic (exact) mass is 285 g/mol. The van der Waals surface area contributed by atoms with Gasteiger partial charge < -0.3 is 10.6 Å². The summed E-state index contributed by atoms with van der Waals surface area (Å²) in [5.74, 6) is 0.527. The summed E-state index contributed by atoms with van der Waals surface area (Å²) >= 11 is 0. The molecule has 0 saturated heterocycles. The molecule has 1 aromatic carbocycles. The van der Waals surface area contributed by atoms with Crippen molar-refractivity contribution in [2.24, 2.45) is 11.1 Å². The van der Waals surface area contributed by atoms with E-state index in [2.05, 4.69) is 18.7 Å². The molecular formula is C13H23N3O2S. The van der Waals surface area contributed by atoms with E-state index in [0.717, 1.165) is 25.2 Å². The Kier molecular flexibility index (Phi) is 5.20. The first-order valence-electron chi connectivity index (χ1n) is 6.46. The second-order valence-electron chi connectivity index (χ2n) is 4.86. The third kappa shape index (κ3) is 4.40. The Morgan fingerprint density at radius 1 is 1.26 bits per heavy atom. The van der Waals surface area contributed by atoms with E-state index in [1.54, 1.807) is 12.1 Å². The van der Waals surface area contributed by atoms with Crippen molar-refractivity contribution in [3.05, 3.63) is 18.2 Å². The molecule has 0 fully saturated rings. The lowest BCUT2D eigenvalue weighted by Gasteiger charge is -2.26. The van der Waals surface area contributed by atoms with Gasteiger partial charge in [-0.05, 0) is 31.0 Å². The molecule has 1 atom stereocenters. The minimum Gasteiger partial charge on any atom is -0.399 e. The summed E-state index contributed by atoms with van der Waals surface area (Å²) in [6.45, 7) is 7.98.